The van der Waals surface area contributed by atoms with E-state index in [-0.39, 0.29) is 5.75 Å². The largest absolute Gasteiger partial charge is 0.214 e. The van der Waals surface area contributed by atoms with E-state index in [0.717, 1.165) is 12.8 Å². The number of halogens is 1. The van der Waals surface area contributed by atoms with Gasteiger partial charge < -0.3 is 0 Å². The van der Waals surface area contributed by atoms with Crippen LogP contribution >= 0.6 is 11.6 Å². The quantitative estimate of drug-likeness (QED) is 0.674. The lowest BCUT2D eigenvalue weighted by atomic mass is 10.2. The highest BCUT2D eigenvalue weighted by Crippen LogP contribution is 2.13. The van der Waals surface area contributed by atoms with Crippen LogP contribution in [0.3, 0.4) is 0 Å². The summed E-state index contributed by atoms with van der Waals surface area (Å²) >= 11 is 5.46. The number of rotatable bonds is 4. The van der Waals surface area contributed by atoms with E-state index in [1.807, 2.05) is 0 Å². The highest BCUT2D eigenvalue weighted by Gasteiger charge is 2.22. The summed E-state index contributed by atoms with van der Waals surface area (Å²) in [6.07, 6.45) is 4.43. The molecule has 77 valence electrons. The van der Waals surface area contributed by atoms with Crippen LogP contribution in [0.4, 0.5) is 0 Å². The number of sulfonamides is 1. The van der Waals surface area contributed by atoms with Crippen molar-refractivity contribution < 1.29 is 8.42 Å². The molecule has 1 radical (unpaired) electrons. The SMILES string of the molecule is O=S(=O)(CCCCl)N1CC[CH]CC1. The normalized spacial score (nSPS) is 20.4. The van der Waals surface area contributed by atoms with Crippen molar-refractivity contribution in [2.24, 2.45) is 0 Å². The number of piperidine rings is 1. The van der Waals surface area contributed by atoms with Crippen LogP contribution in [0, 0.1) is 6.42 Å². The molecule has 0 saturated carbocycles. The second kappa shape index (κ2) is 5.17. The molecule has 0 N–H and O–H groups in total. The lowest BCUT2D eigenvalue weighted by molar-refractivity contribution is 0.384. The minimum atomic E-state index is -3.02. The summed E-state index contributed by atoms with van der Waals surface area (Å²) in [5.41, 5.74) is 0. The lowest BCUT2D eigenvalue weighted by Crippen LogP contribution is -2.37. The molecular formula is C8H15ClNO2S. The molecule has 0 aromatic heterocycles. The molecule has 5 heteroatoms. The fraction of sp³-hybridized carbons (Fsp3) is 0.875. The minimum Gasteiger partial charge on any atom is -0.212 e. The molecule has 3 nitrogen and oxygen atoms in total. The second-order valence-corrected chi connectivity index (χ2v) is 5.59. The Balaban J connectivity index is 2.47. The molecule has 0 unspecified atom stereocenters. The first kappa shape index (κ1) is 11.3. The summed E-state index contributed by atoms with van der Waals surface area (Å²) in [4.78, 5) is 0. The molecular weight excluding hydrogens is 210 g/mol. The van der Waals surface area contributed by atoms with E-state index in [2.05, 4.69) is 6.42 Å². The first-order valence-corrected chi connectivity index (χ1v) is 6.66. The van der Waals surface area contributed by atoms with E-state index in [1.165, 1.54) is 0 Å². The van der Waals surface area contributed by atoms with E-state index in [1.54, 1.807) is 4.31 Å². The van der Waals surface area contributed by atoms with Gasteiger partial charge in [-0.25, -0.2) is 12.7 Å². The summed E-state index contributed by atoms with van der Waals surface area (Å²) in [5.74, 6) is 0.607. The van der Waals surface area contributed by atoms with Gasteiger partial charge in [0.25, 0.3) is 0 Å². The highest BCUT2D eigenvalue weighted by molar-refractivity contribution is 7.89. The predicted octanol–water partition coefficient (Wildman–Crippen LogP) is 1.25. The first-order chi connectivity index (χ1) is 6.17. The van der Waals surface area contributed by atoms with Gasteiger partial charge in [-0.2, -0.15) is 0 Å². The summed E-state index contributed by atoms with van der Waals surface area (Å²) in [6.45, 7) is 1.29. The van der Waals surface area contributed by atoms with E-state index in [4.69, 9.17) is 11.6 Å². The Labute approximate surface area is 85.1 Å². The zero-order valence-electron chi connectivity index (χ0n) is 7.58. The van der Waals surface area contributed by atoms with Crippen LogP contribution in [-0.2, 0) is 10.0 Å². The number of nitrogens with zero attached hydrogens (tertiary/aromatic N) is 1. The van der Waals surface area contributed by atoms with Gasteiger partial charge in [-0.15, -0.1) is 11.6 Å². The maximum atomic E-state index is 11.6. The Morgan fingerprint density at radius 2 is 1.92 bits per heavy atom. The molecule has 0 spiro atoms. The Kier molecular flexibility index (Phi) is 4.49. The summed E-state index contributed by atoms with van der Waals surface area (Å²) in [5, 5.41) is 0. The highest BCUT2D eigenvalue weighted by atomic mass is 35.5. The van der Waals surface area contributed by atoms with E-state index in [9.17, 15) is 8.42 Å². The molecule has 0 atom stereocenters. The number of alkyl halides is 1. The maximum Gasteiger partial charge on any atom is 0.214 e. The molecule has 1 heterocycles. The summed E-state index contributed by atoms with van der Waals surface area (Å²) < 4.78 is 24.8. The summed E-state index contributed by atoms with van der Waals surface area (Å²) in [7, 11) is -3.02. The van der Waals surface area contributed by atoms with Crippen molar-refractivity contribution in [3.63, 3.8) is 0 Å². The fourth-order valence-electron chi connectivity index (χ4n) is 1.37. The molecule has 1 aliphatic rings. The van der Waals surface area contributed by atoms with Crippen LogP contribution < -0.4 is 0 Å². The number of hydrogen-bond donors (Lipinski definition) is 0. The van der Waals surface area contributed by atoms with Crippen LogP contribution in [0.1, 0.15) is 19.3 Å². The average Bonchev–Trinajstić information content (AvgIpc) is 2.16. The molecule has 1 fully saturated rings. The Morgan fingerprint density at radius 1 is 1.31 bits per heavy atom. The zero-order chi connectivity index (χ0) is 9.73. The third-order valence-electron chi connectivity index (χ3n) is 2.09. The van der Waals surface area contributed by atoms with Gasteiger partial charge in [0.2, 0.25) is 10.0 Å². The third kappa shape index (κ3) is 3.44. The van der Waals surface area contributed by atoms with Crippen LogP contribution in [0.25, 0.3) is 0 Å². The van der Waals surface area contributed by atoms with E-state index in [0.29, 0.717) is 25.4 Å². The smallest absolute Gasteiger partial charge is 0.212 e. The Morgan fingerprint density at radius 3 is 2.46 bits per heavy atom. The van der Waals surface area contributed by atoms with Crippen molar-refractivity contribution in [1.29, 1.82) is 0 Å². The lowest BCUT2D eigenvalue weighted by Gasteiger charge is -2.25. The topological polar surface area (TPSA) is 37.4 Å². The van der Waals surface area contributed by atoms with Gasteiger partial charge in [-0.3, -0.25) is 0 Å². The van der Waals surface area contributed by atoms with Crippen LogP contribution in [0.5, 0.6) is 0 Å². The summed E-state index contributed by atoms with van der Waals surface area (Å²) in [6, 6.07) is 0. The van der Waals surface area contributed by atoms with Gasteiger partial charge >= 0.3 is 0 Å². The standard InChI is InChI=1S/C8H15ClNO2S/c9-5-4-8-13(11,12)10-6-2-1-3-7-10/h1H,2-8H2. The van der Waals surface area contributed by atoms with Crippen LogP contribution in [-0.4, -0.2) is 37.4 Å². The predicted molar refractivity (Wildman–Crippen MR) is 54.2 cm³/mol. The zero-order valence-corrected chi connectivity index (χ0v) is 9.15. The van der Waals surface area contributed by atoms with Gasteiger partial charge in [-0.05, 0) is 25.7 Å². The first-order valence-electron chi connectivity index (χ1n) is 4.52. The van der Waals surface area contributed by atoms with Gasteiger partial charge in [0.1, 0.15) is 0 Å². The maximum absolute atomic E-state index is 11.6. The second-order valence-electron chi connectivity index (χ2n) is 3.12. The molecule has 1 aliphatic heterocycles. The molecule has 1 rings (SSSR count). The third-order valence-corrected chi connectivity index (χ3v) is 4.32. The van der Waals surface area contributed by atoms with Crippen LogP contribution in [0.2, 0.25) is 0 Å². The van der Waals surface area contributed by atoms with Gasteiger partial charge in [0, 0.05) is 19.0 Å². The van der Waals surface area contributed by atoms with E-state index >= 15 is 0 Å². The van der Waals surface area contributed by atoms with Crippen molar-refractivity contribution in [2.75, 3.05) is 24.7 Å². The fourth-order valence-corrected chi connectivity index (χ4v) is 3.20. The molecule has 0 aliphatic carbocycles. The molecule has 0 aromatic carbocycles. The molecule has 0 aromatic rings. The van der Waals surface area contributed by atoms with Crippen LogP contribution in [0.15, 0.2) is 0 Å². The van der Waals surface area contributed by atoms with Crippen molar-refractivity contribution >= 4 is 21.6 Å². The molecule has 13 heavy (non-hydrogen) atoms. The van der Waals surface area contributed by atoms with Crippen molar-refractivity contribution in [2.45, 2.75) is 19.3 Å². The van der Waals surface area contributed by atoms with Gasteiger partial charge in [0.15, 0.2) is 0 Å². The number of hydrogen-bond acceptors (Lipinski definition) is 2. The van der Waals surface area contributed by atoms with Gasteiger partial charge in [-0.1, -0.05) is 0 Å². The van der Waals surface area contributed by atoms with E-state index < -0.39 is 10.0 Å². The average molecular weight is 225 g/mol. The molecule has 1 saturated heterocycles. The Bertz CT molecular complexity index is 235. The molecule has 0 amide bonds. The molecule has 0 bridgehead atoms. The Hall–Kier alpha value is 0.200. The van der Waals surface area contributed by atoms with Gasteiger partial charge in [0.05, 0.1) is 5.75 Å². The van der Waals surface area contributed by atoms with Crippen molar-refractivity contribution in [1.82, 2.24) is 4.31 Å². The monoisotopic (exact) mass is 224 g/mol. The van der Waals surface area contributed by atoms with Crippen molar-refractivity contribution in [3.8, 4) is 0 Å². The van der Waals surface area contributed by atoms with Crippen molar-refractivity contribution in [3.05, 3.63) is 6.42 Å². The minimum absolute atomic E-state index is 0.191.